The highest BCUT2D eigenvalue weighted by Crippen LogP contribution is 2.32. The van der Waals surface area contributed by atoms with Crippen molar-refractivity contribution in [3.8, 4) is 11.1 Å². The van der Waals surface area contributed by atoms with Crippen molar-refractivity contribution in [2.24, 2.45) is 0 Å². The summed E-state index contributed by atoms with van der Waals surface area (Å²) in [5.41, 5.74) is 2.88. The van der Waals surface area contributed by atoms with Crippen LogP contribution in [0.3, 0.4) is 0 Å². The van der Waals surface area contributed by atoms with Crippen molar-refractivity contribution in [2.45, 2.75) is 0 Å². The molecule has 0 aliphatic rings. The summed E-state index contributed by atoms with van der Waals surface area (Å²) in [4.78, 5) is 12.7. The number of hydrogen-bond donors (Lipinski definition) is 0. The van der Waals surface area contributed by atoms with E-state index in [0.29, 0.717) is 27.0 Å². The van der Waals surface area contributed by atoms with Crippen molar-refractivity contribution in [1.29, 1.82) is 0 Å². The number of hydrogen-bond acceptors (Lipinski definition) is 2. The Morgan fingerprint density at radius 3 is 2.36 bits per heavy atom. The quantitative estimate of drug-likeness (QED) is 0.449. The van der Waals surface area contributed by atoms with Gasteiger partial charge < -0.3 is 4.42 Å². The number of rotatable bonds is 1. The Labute approximate surface area is 131 Å². The molecule has 106 valence electrons. The van der Waals surface area contributed by atoms with E-state index in [2.05, 4.69) is 0 Å². The summed E-state index contributed by atoms with van der Waals surface area (Å²) >= 11 is 6.22. The molecule has 0 unspecified atom stereocenters. The summed E-state index contributed by atoms with van der Waals surface area (Å²) in [6, 6.07) is 20.5. The average molecular weight is 307 g/mol. The largest absolute Gasteiger partial charge is 0.455 e. The van der Waals surface area contributed by atoms with Crippen molar-refractivity contribution in [3.05, 3.63) is 82.0 Å². The molecule has 3 aromatic carbocycles. The third-order valence-corrected chi connectivity index (χ3v) is 3.95. The Morgan fingerprint density at radius 1 is 0.818 bits per heavy atom. The van der Waals surface area contributed by atoms with Gasteiger partial charge in [0.25, 0.3) is 0 Å². The monoisotopic (exact) mass is 306 g/mol. The van der Waals surface area contributed by atoms with Gasteiger partial charge in [-0.2, -0.15) is 0 Å². The van der Waals surface area contributed by atoms with Crippen LogP contribution in [0.4, 0.5) is 0 Å². The van der Waals surface area contributed by atoms with Crippen LogP contribution in [0.15, 0.2) is 75.9 Å². The van der Waals surface area contributed by atoms with Crippen LogP contribution in [-0.2, 0) is 0 Å². The van der Waals surface area contributed by atoms with Crippen LogP contribution in [0.25, 0.3) is 33.1 Å². The van der Waals surface area contributed by atoms with Crippen molar-refractivity contribution in [2.75, 3.05) is 0 Å². The van der Waals surface area contributed by atoms with Gasteiger partial charge in [-0.3, -0.25) is 4.79 Å². The molecule has 0 aliphatic heterocycles. The molecule has 0 spiro atoms. The summed E-state index contributed by atoms with van der Waals surface area (Å²) in [7, 11) is 0. The maximum atomic E-state index is 12.7. The first-order chi connectivity index (χ1) is 10.7. The minimum absolute atomic E-state index is 0.0588. The van der Waals surface area contributed by atoms with Crippen LogP contribution >= 0.6 is 11.6 Å². The van der Waals surface area contributed by atoms with Gasteiger partial charge in [-0.05, 0) is 29.8 Å². The van der Waals surface area contributed by atoms with Crippen LogP contribution in [0.1, 0.15) is 0 Å². The van der Waals surface area contributed by atoms with E-state index in [-0.39, 0.29) is 5.43 Å². The molecule has 0 bridgehead atoms. The Hall–Kier alpha value is -2.58. The van der Waals surface area contributed by atoms with Crippen molar-refractivity contribution in [1.82, 2.24) is 0 Å². The number of para-hydroxylation sites is 1. The zero-order valence-electron chi connectivity index (χ0n) is 11.5. The second-order valence-corrected chi connectivity index (χ2v) is 5.56. The van der Waals surface area contributed by atoms with Gasteiger partial charge in [0.2, 0.25) is 5.43 Å². The lowest BCUT2D eigenvalue weighted by Gasteiger charge is -2.08. The SMILES string of the molecule is O=c1c2ccccc2oc2c(-c3ccccc3)cc(Cl)cc12. The molecule has 4 rings (SSSR count). The van der Waals surface area contributed by atoms with E-state index in [1.54, 1.807) is 18.2 Å². The van der Waals surface area contributed by atoms with E-state index >= 15 is 0 Å². The van der Waals surface area contributed by atoms with E-state index in [0.717, 1.165) is 11.1 Å². The Balaban J connectivity index is 2.21. The summed E-state index contributed by atoms with van der Waals surface area (Å²) < 4.78 is 6.01. The van der Waals surface area contributed by atoms with E-state index in [4.69, 9.17) is 16.0 Å². The molecule has 4 aromatic rings. The molecule has 22 heavy (non-hydrogen) atoms. The second-order valence-electron chi connectivity index (χ2n) is 5.12. The van der Waals surface area contributed by atoms with E-state index in [1.807, 2.05) is 48.5 Å². The molecule has 0 N–H and O–H groups in total. The van der Waals surface area contributed by atoms with Gasteiger partial charge in [0.1, 0.15) is 11.2 Å². The van der Waals surface area contributed by atoms with Crippen molar-refractivity contribution >= 4 is 33.5 Å². The fourth-order valence-corrected chi connectivity index (χ4v) is 2.92. The van der Waals surface area contributed by atoms with E-state index in [1.165, 1.54) is 0 Å². The fraction of sp³-hybridized carbons (Fsp3) is 0. The van der Waals surface area contributed by atoms with Crippen molar-refractivity contribution < 1.29 is 4.42 Å². The predicted molar refractivity (Wildman–Crippen MR) is 90.4 cm³/mol. The van der Waals surface area contributed by atoms with E-state index < -0.39 is 0 Å². The summed E-state index contributed by atoms with van der Waals surface area (Å²) in [6.45, 7) is 0. The molecular formula is C19H11ClO2. The van der Waals surface area contributed by atoms with Crippen LogP contribution in [-0.4, -0.2) is 0 Å². The first-order valence-electron chi connectivity index (χ1n) is 6.94. The third kappa shape index (κ3) is 2.00. The lowest BCUT2D eigenvalue weighted by Crippen LogP contribution is -2.02. The second kappa shape index (κ2) is 5.00. The topological polar surface area (TPSA) is 30.2 Å². The average Bonchev–Trinajstić information content (AvgIpc) is 2.56. The molecule has 0 amide bonds. The number of benzene rings is 3. The Kier molecular flexibility index (Phi) is 2.98. The smallest absolute Gasteiger partial charge is 0.200 e. The van der Waals surface area contributed by atoms with Gasteiger partial charge in [0.05, 0.1) is 10.8 Å². The minimum atomic E-state index is -0.0588. The van der Waals surface area contributed by atoms with E-state index in [9.17, 15) is 4.79 Å². The van der Waals surface area contributed by atoms with Crippen LogP contribution in [0.5, 0.6) is 0 Å². The molecule has 0 saturated heterocycles. The minimum Gasteiger partial charge on any atom is -0.455 e. The summed E-state index contributed by atoms with van der Waals surface area (Å²) in [5.74, 6) is 0. The highest BCUT2D eigenvalue weighted by molar-refractivity contribution is 6.32. The highest BCUT2D eigenvalue weighted by atomic mass is 35.5. The Morgan fingerprint density at radius 2 is 1.55 bits per heavy atom. The highest BCUT2D eigenvalue weighted by Gasteiger charge is 2.13. The zero-order valence-corrected chi connectivity index (χ0v) is 12.3. The first-order valence-corrected chi connectivity index (χ1v) is 7.32. The van der Waals surface area contributed by atoms with Gasteiger partial charge in [0.15, 0.2) is 0 Å². The van der Waals surface area contributed by atoms with Crippen LogP contribution in [0.2, 0.25) is 5.02 Å². The lowest BCUT2D eigenvalue weighted by atomic mass is 10.0. The lowest BCUT2D eigenvalue weighted by molar-refractivity contribution is 0.661. The molecule has 0 atom stereocenters. The first kappa shape index (κ1) is 13.1. The normalized spacial score (nSPS) is 11.1. The Bertz CT molecular complexity index is 1050. The molecule has 1 heterocycles. The molecule has 0 fully saturated rings. The zero-order chi connectivity index (χ0) is 15.1. The van der Waals surface area contributed by atoms with Crippen LogP contribution in [0, 0.1) is 0 Å². The van der Waals surface area contributed by atoms with Gasteiger partial charge in [-0.1, -0.05) is 54.1 Å². The molecule has 3 heteroatoms. The molecule has 2 nitrogen and oxygen atoms in total. The third-order valence-electron chi connectivity index (χ3n) is 3.73. The summed E-state index contributed by atoms with van der Waals surface area (Å²) in [5, 5.41) is 1.59. The van der Waals surface area contributed by atoms with Crippen molar-refractivity contribution in [3.63, 3.8) is 0 Å². The number of halogens is 1. The molecule has 0 radical (unpaired) electrons. The van der Waals surface area contributed by atoms with Crippen LogP contribution < -0.4 is 5.43 Å². The molecular weight excluding hydrogens is 296 g/mol. The fourth-order valence-electron chi connectivity index (χ4n) is 2.70. The van der Waals surface area contributed by atoms with Gasteiger partial charge in [0, 0.05) is 10.6 Å². The van der Waals surface area contributed by atoms with Gasteiger partial charge in [-0.15, -0.1) is 0 Å². The number of fused-ring (bicyclic) bond motifs is 2. The molecule has 0 aliphatic carbocycles. The maximum Gasteiger partial charge on any atom is 0.200 e. The van der Waals surface area contributed by atoms with Gasteiger partial charge in [-0.25, -0.2) is 0 Å². The molecule has 0 saturated carbocycles. The standard InChI is InChI=1S/C19H11ClO2/c20-13-10-15(12-6-2-1-3-7-12)19-16(11-13)18(21)14-8-4-5-9-17(14)22-19/h1-11H. The maximum absolute atomic E-state index is 12.7. The molecule has 1 aromatic heterocycles. The van der Waals surface area contributed by atoms with Gasteiger partial charge >= 0.3 is 0 Å². The summed E-state index contributed by atoms with van der Waals surface area (Å²) in [6.07, 6.45) is 0. The predicted octanol–water partition coefficient (Wildman–Crippen LogP) is 5.27.